The molecule has 0 aliphatic rings. The topological polar surface area (TPSA) is 104 Å². The van der Waals surface area contributed by atoms with E-state index in [-0.39, 0.29) is 11.3 Å². The number of aliphatic hydroxyl groups excluding tert-OH is 2. The Morgan fingerprint density at radius 2 is 2.04 bits per heavy atom. The molecule has 0 aliphatic carbocycles. The molecule has 1 aromatic heterocycles. The molecule has 1 unspecified atom stereocenters. The number of benzene rings is 1. The molecule has 1 atom stereocenters. The third kappa shape index (κ3) is 4.97. The molecule has 11 heteroatoms. The summed E-state index contributed by atoms with van der Waals surface area (Å²) in [4.78, 5) is 20.7. The lowest BCUT2D eigenvalue weighted by molar-refractivity contribution is -0.0295. The van der Waals surface area contributed by atoms with Gasteiger partial charge in [-0.2, -0.15) is 0 Å². The molecular formula is C16H15BF3N3O4. The first-order valence-corrected chi connectivity index (χ1v) is 7.62. The van der Waals surface area contributed by atoms with Crippen molar-refractivity contribution < 1.29 is 33.0 Å². The molecule has 0 aliphatic heterocycles. The molecule has 142 valence electrons. The first-order chi connectivity index (χ1) is 12.7. The maximum atomic E-state index is 14.2. The molecule has 0 fully saturated rings. The van der Waals surface area contributed by atoms with Crippen molar-refractivity contribution in [3.05, 3.63) is 46.9 Å². The van der Waals surface area contributed by atoms with E-state index in [9.17, 15) is 18.0 Å². The predicted octanol–water partition coefficient (Wildman–Crippen LogP) is 0.359. The largest absolute Gasteiger partial charge is 0.394 e. The van der Waals surface area contributed by atoms with E-state index in [1.807, 2.05) is 5.48 Å². The van der Waals surface area contributed by atoms with Crippen LogP contribution < -0.4 is 16.3 Å². The van der Waals surface area contributed by atoms with Gasteiger partial charge < -0.3 is 15.5 Å². The van der Waals surface area contributed by atoms with E-state index in [1.165, 1.54) is 12.3 Å². The van der Waals surface area contributed by atoms with E-state index in [0.29, 0.717) is 11.6 Å². The second-order valence-corrected chi connectivity index (χ2v) is 5.56. The van der Waals surface area contributed by atoms with Crippen LogP contribution in [-0.2, 0) is 4.84 Å². The van der Waals surface area contributed by atoms with Crippen molar-refractivity contribution in [2.24, 2.45) is 0 Å². The van der Waals surface area contributed by atoms with Gasteiger partial charge in [-0.05, 0) is 18.6 Å². The lowest BCUT2D eigenvalue weighted by atomic mass is 9.95. The summed E-state index contributed by atoms with van der Waals surface area (Å²) in [5.74, 6) is -6.25. The summed E-state index contributed by atoms with van der Waals surface area (Å²) in [6.45, 7) is 0.604. The quantitative estimate of drug-likeness (QED) is 0.314. The second kappa shape index (κ2) is 8.84. The van der Waals surface area contributed by atoms with Crippen LogP contribution in [-0.4, -0.2) is 48.3 Å². The van der Waals surface area contributed by atoms with Crippen LogP contribution in [0.5, 0.6) is 0 Å². The standard InChI is InChI=1S/C16H15BF3N3O4/c1-7-2-10(17)15(21-4-7)22-14-9(3-11(18)12(19)13(14)20)16(26)23-27-6-8(25)5-24/h2-4,8,24-25H,5-6H2,1H3,(H,21,22)(H,23,26). The van der Waals surface area contributed by atoms with Gasteiger partial charge in [0, 0.05) is 6.20 Å². The molecule has 27 heavy (non-hydrogen) atoms. The number of nitrogens with one attached hydrogen (secondary N) is 2. The third-order valence-corrected chi connectivity index (χ3v) is 3.36. The minimum absolute atomic E-state index is 0.0730. The summed E-state index contributed by atoms with van der Waals surface area (Å²) in [5.41, 5.74) is 1.29. The SMILES string of the molecule is [B]c1cc(C)cnc1Nc1c(C(=O)NOCC(O)CO)cc(F)c(F)c1F. The molecule has 4 N–H and O–H groups in total. The van der Waals surface area contributed by atoms with Gasteiger partial charge in [-0.3, -0.25) is 9.63 Å². The molecule has 2 radical (unpaired) electrons. The van der Waals surface area contributed by atoms with E-state index in [1.54, 1.807) is 6.92 Å². The number of nitrogens with zero attached hydrogens (tertiary/aromatic N) is 1. The summed E-state index contributed by atoms with van der Waals surface area (Å²) in [7, 11) is 5.75. The van der Waals surface area contributed by atoms with Crippen LogP contribution in [0.3, 0.4) is 0 Å². The molecule has 0 spiro atoms. The summed E-state index contributed by atoms with van der Waals surface area (Å²) in [6, 6.07) is 1.97. The van der Waals surface area contributed by atoms with Crippen LogP contribution in [0.1, 0.15) is 15.9 Å². The van der Waals surface area contributed by atoms with Gasteiger partial charge in [0.25, 0.3) is 5.91 Å². The number of amides is 1. The van der Waals surface area contributed by atoms with Crippen LogP contribution in [0, 0.1) is 24.4 Å². The number of aromatic nitrogens is 1. The minimum atomic E-state index is -1.80. The van der Waals surface area contributed by atoms with Crippen LogP contribution in [0.4, 0.5) is 24.7 Å². The van der Waals surface area contributed by atoms with E-state index >= 15 is 0 Å². The Bertz CT molecular complexity index is 854. The average molecular weight is 381 g/mol. The molecule has 1 amide bonds. The zero-order valence-corrected chi connectivity index (χ0v) is 14.1. The van der Waals surface area contributed by atoms with Crippen molar-refractivity contribution in [3.63, 3.8) is 0 Å². The molecule has 2 rings (SSSR count). The summed E-state index contributed by atoms with van der Waals surface area (Å²) >= 11 is 0. The Morgan fingerprint density at radius 1 is 1.33 bits per heavy atom. The van der Waals surface area contributed by atoms with Crippen molar-refractivity contribution in [1.29, 1.82) is 0 Å². The average Bonchev–Trinajstić information content (AvgIpc) is 2.63. The molecule has 1 heterocycles. The molecule has 2 aromatic rings. The zero-order chi connectivity index (χ0) is 20.1. The van der Waals surface area contributed by atoms with Crippen LogP contribution in [0.25, 0.3) is 0 Å². The Labute approximate surface area is 153 Å². The number of rotatable bonds is 7. The monoisotopic (exact) mass is 381 g/mol. The van der Waals surface area contributed by atoms with Crippen molar-refractivity contribution in [2.45, 2.75) is 13.0 Å². The van der Waals surface area contributed by atoms with E-state index in [4.69, 9.17) is 18.1 Å². The van der Waals surface area contributed by atoms with Crippen LogP contribution in [0.2, 0.25) is 0 Å². The van der Waals surface area contributed by atoms with Gasteiger partial charge in [0.1, 0.15) is 26.4 Å². The van der Waals surface area contributed by atoms with Gasteiger partial charge in [0.2, 0.25) is 0 Å². The van der Waals surface area contributed by atoms with Gasteiger partial charge in [-0.15, -0.1) is 0 Å². The van der Waals surface area contributed by atoms with E-state index < -0.39 is 53.9 Å². The van der Waals surface area contributed by atoms with Crippen LogP contribution >= 0.6 is 0 Å². The number of anilines is 2. The maximum Gasteiger partial charge on any atom is 0.277 e. The number of hydroxylamine groups is 1. The highest BCUT2D eigenvalue weighted by molar-refractivity contribution is 6.35. The number of carbonyl (C=O) groups excluding carboxylic acids is 1. The first kappa shape index (κ1) is 20.7. The third-order valence-electron chi connectivity index (χ3n) is 3.36. The summed E-state index contributed by atoms with van der Waals surface area (Å²) in [5, 5.41) is 20.2. The second-order valence-electron chi connectivity index (χ2n) is 5.56. The maximum absolute atomic E-state index is 14.2. The Morgan fingerprint density at radius 3 is 2.67 bits per heavy atom. The first-order valence-electron chi connectivity index (χ1n) is 7.62. The highest BCUT2D eigenvalue weighted by Gasteiger charge is 2.24. The number of aryl methyl sites for hydroxylation is 1. The molecule has 0 saturated heterocycles. The van der Waals surface area contributed by atoms with Gasteiger partial charge in [-0.1, -0.05) is 11.5 Å². The fourth-order valence-electron chi connectivity index (χ4n) is 2.02. The molecular weight excluding hydrogens is 366 g/mol. The number of halogens is 3. The van der Waals surface area contributed by atoms with E-state index in [2.05, 4.69) is 15.1 Å². The summed E-state index contributed by atoms with van der Waals surface area (Å²) < 4.78 is 41.5. The van der Waals surface area contributed by atoms with Crippen molar-refractivity contribution in [2.75, 3.05) is 18.5 Å². The molecule has 1 aromatic carbocycles. The molecule has 0 bridgehead atoms. The fourth-order valence-corrected chi connectivity index (χ4v) is 2.02. The predicted molar refractivity (Wildman–Crippen MR) is 90.5 cm³/mol. The fraction of sp³-hybridized carbons (Fsp3) is 0.250. The minimum Gasteiger partial charge on any atom is -0.394 e. The highest BCUT2D eigenvalue weighted by atomic mass is 19.2. The number of aliphatic hydroxyl groups is 2. The number of pyridine rings is 1. The smallest absolute Gasteiger partial charge is 0.277 e. The van der Waals surface area contributed by atoms with E-state index in [0.717, 1.165) is 0 Å². The Kier molecular flexibility index (Phi) is 6.78. The van der Waals surface area contributed by atoms with Crippen molar-refractivity contribution in [3.8, 4) is 0 Å². The highest BCUT2D eigenvalue weighted by Crippen LogP contribution is 2.27. The van der Waals surface area contributed by atoms with Crippen molar-refractivity contribution in [1.82, 2.24) is 10.5 Å². The Balaban J connectivity index is 2.34. The number of hydrogen-bond donors (Lipinski definition) is 4. The summed E-state index contributed by atoms with van der Waals surface area (Å²) in [6.07, 6.45) is 0.122. The van der Waals surface area contributed by atoms with Crippen LogP contribution in [0.15, 0.2) is 18.3 Å². The van der Waals surface area contributed by atoms with Gasteiger partial charge in [0.15, 0.2) is 17.5 Å². The number of carbonyl (C=O) groups is 1. The lowest BCUT2D eigenvalue weighted by Crippen LogP contribution is -2.30. The number of hydrogen-bond acceptors (Lipinski definition) is 6. The van der Waals surface area contributed by atoms with Gasteiger partial charge in [-0.25, -0.2) is 23.6 Å². The Hall–Kier alpha value is -2.63. The van der Waals surface area contributed by atoms with Gasteiger partial charge in [0.05, 0.1) is 17.9 Å². The zero-order valence-electron chi connectivity index (χ0n) is 14.1. The lowest BCUT2D eigenvalue weighted by Gasteiger charge is -2.16. The van der Waals surface area contributed by atoms with Gasteiger partial charge >= 0.3 is 0 Å². The normalized spacial score (nSPS) is 11.9. The molecule has 7 nitrogen and oxygen atoms in total. The van der Waals surface area contributed by atoms with Crippen molar-refractivity contribution >= 4 is 30.7 Å². The molecule has 0 saturated carbocycles.